The molecule has 0 unspecified atom stereocenters. The van der Waals surface area contributed by atoms with E-state index in [1.54, 1.807) is 6.07 Å². The molecule has 1 heterocycles. The first-order valence-electron chi connectivity index (χ1n) is 9.29. The first kappa shape index (κ1) is 21.1. The maximum absolute atomic E-state index is 12.2. The van der Waals surface area contributed by atoms with Crippen LogP contribution in [0.3, 0.4) is 0 Å². The van der Waals surface area contributed by atoms with Crippen molar-refractivity contribution < 1.29 is 22.7 Å². The van der Waals surface area contributed by atoms with E-state index < -0.39 is 16.0 Å². The topological polar surface area (TPSA) is 102 Å². The zero-order chi connectivity index (χ0) is 20.9. The standard InChI is InChI=1S/C20H25N3O5S/c1-27-20(24)18-15-17(29(21,25)26)7-8-19(18)23-11-9-22(10-12-23)13-14-28-16-5-3-2-4-6-16/h2-8,15H,9-14H2,1H3,(H2,21,25,26). The number of para-hydroxylation sites is 1. The second-order valence-electron chi connectivity index (χ2n) is 6.71. The molecule has 3 rings (SSSR count). The summed E-state index contributed by atoms with van der Waals surface area (Å²) in [5.74, 6) is 0.257. The molecule has 2 aromatic rings. The van der Waals surface area contributed by atoms with E-state index in [0.29, 0.717) is 25.4 Å². The smallest absolute Gasteiger partial charge is 0.340 e. The molecular weight excluding hydrogens is 394 g/mol. The number of nitrogens with zero attached hydrogens (tertiary/aromatic N) is 2. The first-order chi connectivity index (χ1) is 13.9. The van der Waals surface area contributed by atoms with E-state index in [2.05, 4.69) is 4.90 Å². The highest BCUT2D eigenvalue weighted by Gasteiger charge is 2.24. The van der Waals surface area contributed by atoms with Gasteiger partial charge in [-0.1, -0.05) is 18.2 Å². The van der Waals surface area contributed by atoms with Gasteiger partial charge in [-0.3, -0.25) is 4.90 Å². The number of piperazine rings is 1. The Bertz CT molecular complexity index is 942. The van der Waals surface area contributed by atoms with Gasteiger partial charge < -0.3 is 14.4 Å². The van der Waals surface area contributed by atoms with Crippen LogP contribution in [0.15, 0.2) is 53.4 Å². The molecule has 2 N–H and O–H groups in total. The second-order valence-corrected chi connectivity index (χ2v) is 8.27. The fourth-order valence-electron chi connectivity index (χ4n) is 3.26. The number of carbonyl (C=O) groups excluding carboxylic acids is 1. The van der Waals surface area contributed by atoms with Gasteiger partial charge >= 0.3 is 5.97 Å². The van der Waals surface area contributed by atoms with Gasteiger partial charge in [0.2, 0.25) is 10.0 Å². The molecule has 0 atom stereocenters. The highest BCUT2D eigenvalue weighted by Crippen LogP contribution is 2.26. The molecule has 0 spiro atoms. The predicted octanol–water partition coefficient (Wildman–Crippen LogP) is 1.32. The van der Waals surface area contributed by atoms with Crippen molar-refractivity contribution in [2.75, 3.05) is 51.3 Å². The fourth-order valence-corrected chi connectivity index (χ4v) is 3.80. The van der Waals surface area contributed by atoms with Crippen LogP contribution in [0, 0.1) is 0 Å². The number of benzene rings is 2. The molecule has 0 radical (unpaired) electrons. The monoisotopic (exact) mass is 419 g/mol. The van der Waals surface area contributed by atoms with Gasteiger partial charge in [0.25, 0.3) is 0 Å². The Morgan fingerprint density at radius 2 is 1.76 bits per heavy atom. The largest absolute Gasteiger partial charge is 0.492 e. The SMILES string of the molecule is COC(=O)c1cc(S(N)(=O)=O)ccc1N1CCN(CCOc2ccccc2)CC1. The summed E-state index contributed by atoms with van der Waals surface area (Å²) in [5.41, 5.74) is 0.837. The van der Waals surface area contributed by atoms with E-state index in [4.69, 9.17) is 14.6 Å². The van der Waals surface area contributed by atoms with Crippen LogP contribution in [0.2, 0.25) is 0 Å². The van der Waals surface area contributed by atoms with Gasteiger partial charge in [-0.05, 0) is 30.3 Å². The number of rotatable bonds is 7. The molecule has 0 aromatic heterocycles. The van der Waals surface area contributed by atoms with Crippen molar-refractivity contribution in [1.29, 1.82) is 0 Å². The van der Waals surface area contributed by atoms with Gasteiger partial charge in [-0.15, -0.1) is 0 Å². The van der Waals surface area contributed by atoms with Gasteiger partial charge in [0.05, 0.1) is 23.3 Å². The molecule has 2 aromatic carbocycles. The minimum Gasteiger partial charge on any atom is -0.492 e. The zero-order valence-electron chi connectivity index (χ0n) is 16.3. The molecule has 1 aliphatic rings. The highest BCUT2D eigenvalue weighted by molar-refractivity contribution is 7.89. The van der Waals surface area contributed by atoms with E-state index in [1.807, 2.05) is 35.2 Å². The summed E-state index contributed by atoms with van der Waals surface area (Å²) in [6.07, 6.45) is 0. The van der Waals surface area contributed by atoms with Crippen molar-refractivity contribution in [3.63, 3.8) is 0 Å². The molecule has 8 nitrogen and oxygen atoms in total. The fraction of sp³-hybridized carbons (Fsp3) is 0.350. The van der Waals surface area contributed by atoms with Crippen molar-refractivity contribution in [3.05, 3.63) is 54.1 Å². The minimum atomic E-state index is -3.90. The summed E-state index contributed by atoms with van der Waals surface area (Å²) in [4.78, 5) is 16.4. The number of methoxy groups -OCH3 is 1. The van der Waals surface area contributed by atoms with Gasteiger partial charge in [0.1, 0.15) is 12.4 Å². The van der Waals surface area contributed by atoms with Crippen LogP contribution in [0.1, 0.15) is 10.4 Å². The van der Waals surface area contributed by atoms with Crippen LogP contribution in [-0.2, 0) is 14.8 Å². The van der Waals surface area contributed by atoms with Crippen molar-refractivity contribution in [2.24, 2.45) is 5.14 Å². The van der Waals surface area contributed by atoms with Crippen LogP contribution in [-0.4, -0.2) is 65.7 Å². The Balaban J connectivity index is 1.62. The summed E-state index contributed by atoms with van der Waals surface area (Å²) in [6.45, 7) is 4.40. The van der Waals surface area contributed by atoms with Crippen molar-refractivity contribution in [2.45, 2.75) is 4.90 Å². The van der Waals surface area contributed by atoms with Gasteiger partial charge in [-0.2, -0.15) is 0 Å². The second kappa shape index (κ2) is 9.25. The molecule has 9 heteroatoms. The summed E-state index contributed by atoms with van der Waals surface area (Å²) in [5, 5.41) is 5.19. The van der Waals surface area contributed by atoms with Gasteiger partial charge in [-0.25, -0.2) is 18.4 Å². The van der Waals surface area contributed by atoms with Gasteiger partial charge in [0.15, 0.2) is 0 Å². The predicted molar refractivity (Wildman–Crippen MR) is 110 cm³/mol. The molecule has 0 saturated carbocycles. The van der Waals surface area contributed by atoms with Crippen LogP contribution < -0.4 is 14.8 Å². The normalized spacial score (nSPS) is 15.2. The lowest BCUT2D eigenvalue weighted by Gasteiger charge is -2.36. The Labute approximate surface area is 170 Å². The average Bonchev–Trinajstić information content (AvgIpc) is 2.73. The number of primary sulfonamides is 1. The maximum atomic E-state index is 12.2. The number of hydrogen-bond donors (Lipinski definition) is 1. The van der Waals surface area contributed by atoms with Crippen molar-refractivity contribution >= 4 is 21.7 Å². The number of nitrogens with two attached hydrogens (primary N) is 1. The molecule has 29 heavy (non-hydrogen) atoms. The van der Waals surface area contributed by atoms with Crippen LogP contribution in [0.25, 0.3) is 0 Å². The average molecular weight is 420 g/mol. The molecule has 1 aliphatic heterocycles. The number of carbonyl (C=O) groups is 1. The Morgan fingerprint density at radius 1 is 1.07 bits per heavy atom. The number of esters is 1. The van der Waals surface area contributed by atoms with Gasteiger partial charge in [0, 0.05) is 32.7 Å². The lowest BCUT2D eigenvalue weighted by molar-refractivity contribution is 0.0601. The zero-order valence-corrected chi connectivity index (χ0v) is 17.1. The lowest BCUT2D eigenvalue weighted by Crippen LogP contribution is -2.48. The number of ether oxygens (including phenoxy) is 2. The van der Waals surface area contributed by atoms with Crippen LogP contribution >= 0.6 is 0 Å². The third-order valence-electron chi connectivity index (χ3n) is 4.83. The molecule has 0 amide bonds. The number of anilines is 1. The van der Waals surface area contributed by atoms with Crippen LogP contribution in [0.4, 0.5) is 5.69 Å². The summed E-state index contributed by atoms with van der Waals surface area (Å²) in [7, 11) is -2.64. The summed E-state index contributed by atoms with van der Waals surface area (Å²) < 4.78 is 33.8. The van der Waals surface area contributed by atoms with Crippen molar-refractivity contribution in [1.82, 2.24) is 4.90 Å². The van der Waals surface area contributed by atoms with E-state index in [1.165, 1.54) is 19.2 Å². The van der Waals surface area contributed by atoms with E-state index >= 15 is 0 Å². The quantitative estimate of drug-likeness (QED) is 0.675. The van der Waals surface area contributed by atoms with E-state index in [0.717, 1.165) is 25.4 Å². The number of hydrogen-bond acceptors (Lipinski definition) is 7. The summed E-state index contributed by atoms with van der Waals surface area (Å²) >= 11 is 0. The summed E-state index contributed by atoms with van der Waals surface area (Å²) in [6, 6.07) is 14.0. The molecule has 0 bridgehead atoms. The molecular formula is C20H25N3O5S. The molecule has 1 saturated heterocycles. The third kappa shape index (κ3) is 5.47. The Morgan fingerprint density at radius 3 is 2.38 bits per heavy atom. The highest BCUT2D eigenvalue weighted by atomic mass is 32.2. The molecule has 1 fully saturated rings. The maximum Gasteiger partial charge on any atom is 0.340 e. The van der Waals surface area contributed by atoms with E-state index in [-0.39, 0.29) is 10.5 Å². The Kier molecular flexibility index (Phi) is 6.73. The van der Waals surface area contributed by atoms with E-state index in [9.17, 15) is 13.2 Å². The molecule has 0 aliphatic carbocycles. The Hall–Kier alpha value is -2.62. The number of sulfonamides is 1. The first-order valence-corrected chi connectivity index (χ1v) is 10.8. The van der Waals surface area contributed by atoms with Crippen molar-refractivity contribution in [3.8, 4) is 5.75 Å². The minimum absolute atomic E-state index is 0.113. The third-order valence-corrected chi connectivity index (χ3v) is 5.75. The molecule has 156 valence electrons. The van der Waals surface area contributed by atoms with Crippen LogP contribution in [0.5, 0.6) is 5.75 Å². The lowest BCUT2D eigenvalue weighted by atomic mass is 10.1.